The molecule has 1 aromatic carbocycles. The molecule has 9 nitrogen and oxygen atoms in total. The van der Waals surface area contributed by atoms with Crippen LogP contribution in [-0.2, 0) is 23.1 Å². The van der Waals surface area contributed by atoms with Crippen molar-refractivity contribution in [2.75, 3.05) is 13.7 Å². The van der Waals surface area contributed by atoms with Crippen LogP contribution in [-0.4, -0.2) is 45.1 Å². The number of aromatic nitrogens is 4. The van der Waals surface area contributed by atoms with Crippen molar-refractivity contribution in [3.05, 3.63) is 60.2 Å². The van der Waals surface area contributed by atoms with Crippen molar-refractivity contribution in [2.24, 2.45) is 12.8 Å². The molecule has 9 heteroatoms. The van der Waals surface area contributed by atoms with Gasteiger partial charge in [-0.2, -0.15) is 10.2 Å². The predicted octanol–water partition coefficient (Wildman–Crippen LogP) is 0.886. The van der Waals surface area contributed by atoms with Crippen LogP contribution in [0.5, 0.6) is 0 Å². The fourth-order valence-corrected chi connectivity index (χ4v) is 2.93. The maximum absolute atomic E-state index is 12.8. The molecule has 0 aliphatic carbocycles. The minimum absolute atomic E-state index is 0.00355. The lowest BCUT2D eigenvalue weighted by Gasteiger charge is -2.18. The number of nitrogens with two attached hydrogens (primary N) is 1. The Hall–Kier alpha value is -3.46. The van der Waals surface area contributed by atoms with Gasteiger partial charge < -0.3 is 15.8 Å². The topological polar surface area (TPSA) is 117 Å². The highest BCUT2D eigenvalue weighted by Gasteiger charge is 2.19. The normalized spacial score (nSPS) is 11.9. The minimum atomic E-state index is -0.470. The Morgan fingerprint density at radius 2 is 2.07 bits per heavy atom. The summed E-state index contributed by atoms with van der Waals surface area (Å²) in [5.41, 5.74) is 8.14. The first kappa shape index (κ1) is 19.3. The molecule has 3 N–H and O–H groups in total. The molecule has 2 heterocycles. The van der Waals surface area contributed by atoms with Crippen LogP contribution in [0.25, 0.3) is 11.1 Å². The number of rotatable bonds is 8. The first-order valence-electron chi connectivity index (χ1n) is 8.67. The van der Waals surface area contributed by atoms with Crippen molar-refractivity contribution >= 4 is 11.8 Å². The maximum Gasteiger partial charge on any atom is 0.251 e. The highest BCUT2D eigenvalue weighted by atomic mass is 16.5. The zero-order valence-corrected chi connectivity index (χ0v) is 15.7. The predicted molar refractivity (Wildman–Crippen MR) is 102 cm³/mol. The van der Waals surface area contributed by atoms with E-state index in [0.717, 1.165) is 16.8 Å². The zero-order chi connectivity index (χ0) is 20.1. The summed E-state index contributed by atoms with van der Waals surface area (Å²) in [6, 6.07) is 8.69. The summed E-state index contributed by atoms with van der Waals surface area (Å²) in [6.07, 6.45) is 5.02. The summed E-state index contributed by atoms with van der Waals surface area (Å²) in [7, 11) is 3.40. The summed E-state index contributed by atoms with van der Waals surface area (Å²) < 4.78 is 8.40. The van der Waals surface area contributed by atoms with E-state index in [2.05, 4.69) is 15.5 Å². The highest BCUT2D eigenvalue weighted by molar-refractivity contribution is 5.95. The molecule has 0 aliphatic rings. The largest absolute Gasteiger partial charge is 0.382 e. The third-order valence-electron chi connectivity index (χ3n) is 4.26. The molecule has 0 radical (unpaired) electrons. The van der Waals surface area contributed by atoms with E-state index in [0.29, 0.717) is 12.2 Å². The van der Waals surface area contributed by atoms with E-state index >= 15 is 0 Å². The number of hydrogen-bond donors (Lipinski definition) is 2. The molecule has 28 heavy (non-hydrogen) atoms. The number of primary amides is 1. The zero-order valence-electron chi connectivity index (χ0n) is 15.7. The summed E-state index contributed by atoms with van der Waals surface area (Å²) in [6.45, 7) is 0.328. The lowest BCUT2D eigenvalue weighted by molar-refractivity contribution is -0.118. The number of amides is 2. The Kier molecular flexibility index (Phi) is 5.85. The third kappa shape index (κ3) is 4.44. The first-order valence-corrected chi connectivity index (χ1v) is 8.67. The minimum Gasteiger partial charge on any atom is -0.382 e. The Morgan fingerprint density at radius 3 is 2.75 bits per heavy atom. The summed E-state index contributed by atoms with van der Waals surface area (Å²) >= 11 is 0. The van der Waals surface area contributed by atoms with Gasteiger partial charge in [-0.25, -0.2) is 0 Å². The maximum atomic E-state index is 12.8. The molecular weight excluding hydrogens is 360 g/mol. The number of benzene rings is 1. The van der Waals surface area contributed by atoms with Gasteiger partial charge in [0, 0.05) is 37.7 Å². The molecule has 0 aliphatic heterocycles. The fourth-order valence-electron chi connectivity index (χ4n) is 2.93. The fraction of sp³-hybridized carbons (Fsp3) is 0.263. The average molecular weight is 382 g/mol. The molecular formula is C19H22N6O3. The molecule has 0 unspecified atom stereocenters. The van der Waals surface area contributed by atoms with Crippen LogP contribution in [0.4, 0.5) is 0 Å². The van der Waals surface area contributed by atoms with E-state index < -0.39 is 5.91 Å². The monoisotopic (exact) mass is 382 g/mol. The number of nitrogens with zero attached hydrogens (tertiary/aromatic N) is 4. The number of hydrogen-bond acceptors (Lipinski definition) is 5. The van der Waals surface area contributed by atoms with Crippen LogP contribution in [0.2, 0.25) is 0 Å². The second-order valence-electron chi connectivity index (χ2n) is 6.33. The third-order valence-corrected chi connectivity index (χ3v) is 4.26. The highest BCUT2D eigenvalue weighted by Crippen LogP contribution is 2.21. The van der Waals surface area contributed by atoms with Crippen LogP contribution >= 0.6 is 0 Å². The van der Waals surface area contributed by atoms with Crippen LogP contribution in [0, 0.1) is 0 Å². The van der Waals surface area contributed by atoms with E-state index in [1.807, 2.05) is 19.2 Å². The van der Waals surface area contributed by atoms with Crippen LogP contribution in [0.1, 0.15) is 22.1 Å². The molecule has 3 rings (SSSR count). The SMILES string of the molecule is COC[C@@H](NC(=O)c1cccc(-c2cnn(CC(N)=O)c2)c1)c1ccnn1C. The molecule has 2 aromatic heterocycles. The quantitative estimate of drug-likeness (QED) is 0.600. The van der Waals surface area contributed by atoms with Crippen LogP contribution in [0.3, 0.4) is 0 Å². The Balaban J connectivity index is 1.79. The molecule has 0 spiro atoms. The van der Waals surface area contributed by atoms with Crippen LogP contribution < -0.4 is 11.1 Å². The van der Waals surface area contributed by atoms with E-state index in [-0.39, 0.29) is 18.5 Å². The second kappa shape index (κ2) is 8.49. The van der Waals surface area contributed by atoms with E-state index in [4.69, 9.17) is 10.5 Å². The van der Waals surface area contributed by atoms with Crippen molar-refractivity contribution < 1.29 is 14.3 Å². The Labute approximate surface area is 162 Å². The molecule has 0 fully saturated rings. The van der Waals surface area contributed by atoms with Gasteiger partial charge >= 0.3 is 0 Å². The van der Waals surface area contributed by atoms with Gasteiger partial charge in [0.05, 0.1) is 24.5 Å². The lowest BCUT2D eigenvalue weighted by atomic mass is 10.1. The van der Waals surface area contributed by atoms with Gasteiger partial charge in [0.15, 0.2) is 0 Å². The lowest BCUT2D eigenvalue weighted by Crippen LogP contribution is -2.32. The summed E-state index contributed by atoms with van der Waals surface area (Å²) in [4.78, 5) is 23.8. The van der Waals surface area contributed by atoms with Crippen LogP contribution in [0.15, 0.2) is 48.9 Å². The Bertz CT molecular complexity index is 977. The van der Waals surface area contributed by atoms with Gasteiger partial charge in [-0.1, -0.05) is 12.1 Å². The second-order valence-corrected chi connectivity index (χ2v) is 6.33. The standard InChI is InChI=1S/C19H22N6O3/c1-24-17(6-7-21-24)16(12-28-2)23-19(27)14-5-3-4-13(8-14)15-9-22-25(10-15)11-18(20)26/h3-10,16H,11-12H2,1-2H3,(H2,20,26)(H,23,27)/t16-/m1/s1. The van der Waals surface area contributed by atoms with Crippen molar-refractivity contribution in [2.45, 2.75) is 12.6 Å². The van der Waals surface area contributed by atoms with Gasteiger partial charge in [0.25, 0.3) is 5.91 Å². The molecule has 146 valence electrons. The molecule has 3 aromatic rings. The summed E-state index contributed by atoms with van der Waals surface area (Å²) in [5.74, 6) is -0.697. The number of aryl methyl sites for hydroxylation is 1. The van der Waals surface area contributed by atoms with Crippen molar-refractivity contribution in [1.82, 2.24) is 24.9 Å². The first-order chi connectivity index (χ1) is 13.5. The number of nitrogens with one attached hydrogen (secondary N) is 1. The molecule has 0 saturated heterocycles. The van der Waals surface area contributed by atoms with Crippen molar-refractivity contribution in [3.8, 4) is 11.1 Å². The number of carbonyl (C=O) groups excluding carboxylic acids is 2. The number of carbonyl (C=O) groups is 2. The van der Waals surface area contributed by atoms with E-state index in [1.54, 1.807) is 48.6 Å². The van der Waals surface area contributed by atoms with Crippen molar-refractivity contribution in [3.63, 3.8) is 0 Å². The Morgan fingerprint density at radius 1 is 1.25 bits per heavy atom. The van der Waals surface area contributed by atoms with Crippen molar-refractivity contribution in [1.29, 1.82) is 0 Å². The van der Waals surface area contributed by atoms with E-state index in [9.17, 15) is 9.59 Å². The number of methoxy groups -OCH3 is 1. The molecule has 0 bridgehead atoms. The molecule has 0 saturated carbocycles. The number of ether oxygens (including phenoxy) is 1. The van der Waals surface area contributed by atoms with Gasteiger partial charge in [-0.05, 0) is 23.8 Å². The van der Waals surface area contributed by atoms with Gasteiger partial charge in [-0.3, -0.25) is 19.0 Å². The smallest absolute Gasteiger partial charge is 0.251 e. The average Bonchev–Trinajstić information content (AvgIpc) is 3.30. The van der Waals surface area contributed by atoms with Gasteiger partial charge in [-0.15, -0.1) is 0 Å². The molecule has 2 amide bonds. The summed E-state index contributed by atoms with van der Waals surface area (Å²) in [5, 5.41) is 11.2. The van der Waals surface area contributed by atoms with Gasteiger partial charge in [0.1, 0.15) is 6.54 Å². The van der Waals surface area contributed by atoms with Gasteiger partial charge in [0.2, 0.25) is 5.91 Å². The van der Waals surface area contributed by atoms with E-state index in [1.165, 1.54) is 4.68 Å². The molecule has 1 atom stereocenters.